The van der Waals surface area contributed by atoms with Gasteiger partial charge in [0.05, 0.1) is 12.2 Å². The minimum Gasteiger partial charge on any atom is -0.372 e. The van der Waals surface area contributed by atoms with Gasteiger partial charge in [0.2, 0.25) is 5.91 Å². The monoisotopic (exact) mass is 294 g/mol. The van der Waals surface area contributed by atoms with Gasteiger partial charge in [0, 0.05) is 25.9 Å². The zero-order valence-corrected chi connectivity index (χ0v) is 12.9. The summed E-state index contributed by atoms with van der Waals surface area (Å²) in [6, 6.07) is 0.357. The Morgan fingerprint density at radius 3 is 3.00 bits per heavy atom. The van der Waals surface area contributed by atoms with Crippen LogP contribution in [-0.4, -0.2) is 52.1 Å². The number of hydrogen-bond acceptors (Lipinski definition) is 4. The number of nitrogens with zero attached hydrogens (tertiary/aromatic N) is 4. The van der Waals surface area contributed by atoms with Crippen LogP contribution in [-0.2, 0) is 9.53 Å². The molecule has 6 nitrogen and oxygen atoms in total. The smallest absolute Gasteiger partial charge is 0.248 e. The normalized spacial score (nSPS) is 19.5. The molecule has 0 aromatic carbocycles. The second kappa shape index (κ2) is 8.77. The minimum absolute atomic E-state index is 0.116. The number of amides is 1. The fraction of sp³-hybridized carbons (Fsp3) is 0.800. The summed E-state index contributed by atoms with van der Waals surface area (Å²) in [4.78, 5) is 14.1. The van der Waals surface area contributed by atoms with Gasteiger partial charge in [-0.25, -0.2) is 4.68 Å². The first-order chi connectivity index (χ1) is 10.3. The maximum atomic E-state index is 12.1. The molecular formula is C15H26N4O2. The average Bonchev–Trinajstić information content (AvgIpc) is 2.91. The van der Waals surface area contributed by atoms with E-state index in [1.54, 1.807) is 6.20 Å². The van der Waals surface area contributed by atoms with Crippen molar-refractivity contribution in [1.82, 2.24) is 19.9 Å². The quantitative estimate of drug-likeness (QED) is 0.722. The summed E-state index contributed by atoms with van der Waals surface area (Å²) in [5.41, 5.74) is 0. The van der Waals surface area contributed by atoms with Gasteiger partial charge in [-0.3, -0.25) is 4.79 Å². The number of ether oxygens (including phenoxy) is 1. The van der Waals surface area contributed by atoms with Crippen molar-refractivity contribution in [3.05, 3.63) is 12.4 Å². The average molecular weight is 294 g/mol. The molecule has 0 radical (unpaired) electrons. The van der Waals surface area contributed by atoms with E-state index in [-0.39, 0.29) is 12.5 Å². The van der Waals surface area contributed by atoms with Crippen LogP contribution in [0.2, 0.25) is 0 Å². The van der Waals surface area contributed by atoms with Crippen LogP contribution in [0, 0.1) is 0 Å². The molecule has 1 saturated heterocycles. The van der Waals surface area contributed by atoms with E-state index in [2.05, 4.69) is 17.2 Å². The third-order valence-corrected chi connectivity index (χ3v) is 3.98. The molecule has 1 aromatic rings. The van der Waals surface area contributed by atoms with Crippen LogP contribution in [0.3, 0.4) is 0 Å². The van der Waals surface area contributed by atoms with Gasteiger partial charge in [-0.15, -0.1) is 5.10 Å². The third-order valence-electron chi connectivity index (χ3n) is 3.98. The van der Waals surface area contributed by atoms with Gasteiger partial charge in [0.25, 0.3) is 0 Å². The Hall–Kier alpha value is -1.43. The molecule has 0 N–H and O–H groups in total. The Morgan fingerprint density at radius 2 is 2.24 bits per heavy atom. The van der Waals surface area contributed by atoms with Gasteiger partial charge >= 0.3 is 0 Å². The molecule has 2 heterocycles. The van der Waals surface area contributed by atoms with E-state index in [0.717, 1.165) is 45.2 Å². The van der Waals surface area contributed by atoms with Gasteiger partial charge in [-0.05, 0) is 25.7 Å². The van der Waals surface area contributed by atoms with Gasteiger partial charge < -0.3 is 9.64 Å². The Labute approximate surface area is 126 Å². The van der Waals surface area contributed by atoms with E-state index < -0.39 is 0 Å². The molecule has 1 atom stereocenters. The van der Waals surface area contributed by atoms with E-state index in [4.69, 9.17) is 4.74 Å². The second-order valence-electron chi connectivity index (χ2n) is 5.61. The van der Waals surface area contributed by atoms with Gasteiger partial charge in [-0.1, -0.05) is 25.0 Å². The molecule has 6 heteroatoms. The van der Waals surface area contributed by atoms with Crippen LogP contribution < -0.4 is 0 Å². The highest BCUT2D eigenvalue weighted by atomic mass is 16.5. The molecule has 1 amide bonds. The van der Waals surface area contributed by atoms with Crippen molar-refractivity contribution in [2.24, 2.45) is 0 Å². The van der Waals surface area contributed by atoms with E-state index in [1.807, 2.05) is 15.8 Å². The lowest BCUT2D eigenvalue weighted by Crippen LogP contribution is -2.35. The first-order valence-corrected chi connectivity index (χ1v) is 8.02. The summed E-state index contributed by atoms with van der Waals surface area (Å²) in [5, 5.41) is 7.93. The van der Waals surface area contributed by atoms with Crippen molar-refractivity contribution in [3.8, 4) is 0 Å². The van der Waals surface area contributed by atoms with Gasteiger partial charge in [0.15, 0.2) is 0 Å². The van der Waals surface area contributed by atoms with Crippen molar-refractivity contribution in [2.75, 3.05) is 26.3 Å². The summed E-state index contributed by atoms with van der Waals surface area (Å²) >= 11 is 0. The van der Waals surface area contributed by atoms with E-state index in [9.17, 15) is 4.79 Å². The van der Waals surface area contributed by atoms with Crippen LogP contribution >= 0.6 is 0 Å². The molecule has 1 fully saturated rings. The molecule has 118 valence electrons. The number of rotatable bonds is 7. The molecule has 0 bridgehead atoms. The molecule has 0 saturated carbocycles. The highest BCUT2D eigenvalue weighted by Gasteiger charge is 2.21. The van der Waals surface area contributed by atoms with Gasteiger partial charge in [-0.2, -0.15) is 0 Å². The van der Waals surface area contributed by atoms with Crippen LogP contribution in [0.5, 0.6) is 0 Å². The predicted octanol–water partition coefficient (Wildman–Crippen LogP) is 2.04. The van der Waals surface area contributed by atoms with E-state index >= 15 is 0 Å². The predicted molar refractivity (Wildman–Crippen MR) is 79.8 cm³/mol. The maximum Gasteiger partial charge on any atom is 0.248 e. The van der Waals surface area contributed by atoms with Gasteiger partial charge in [0.1, 0.15) is 6.61 Å². The zero-order chi connectivity index (χ0) is 14.9. The number of carbonyl (C=O) groups excluding carboxylic acids is 1. The van der Waals surface area contributed by atoms with E-state index in [1.165, 1.54) is 6.42 Å². The Kier molecular flexibility index (Phi) is 6.66. The Balaban J connectivity index is 1.71. The Bertz CT molecular complexity index is 408. The molecular weight excluding hydrogens is 268 g/mol. The molecule has 1 unspecified atom stereocenters. The lowest BCUT2D eigenvalue weighted by molar-refractivity contribution is -0.136. The highest BCUT2D eigenvalue weighted by Crippen LogP contribution is 2.21. The molecule has 0 spiro atoms. The number of carbonyl (C=O) groups is 1. The minimum atomic E-state index is 0.116. The maximum absolute atomic E-state index is 12.1. The molecule has 2 rings (SSSR count). The highest BCUT2D eigenvalue weighted by molar-refractivity contribution is 5.77. The number of hydrogen-bond donors (Lipinski definition) is 0. The topological polar surface area (TPSA) is 60.2 Å². The third kappa shape index (κ3) is 5.12. The first kappa shape index (κ1) is 15.9. The van der Waals surface area contributed by atoms with Crippen LogP contribution in [0.15, 0.2) is 12.4 Å². The van der Waals surface area contributed by atoms with Crippen molar-refractivity contribution in [2.45, 2.75) is 51.5 Å². The number of unbranched alkanes of at least 4 members (excludes halogenated alkanes) is 2. The van der Waals surface area contributed by atoms with Crippen molar-refractivity contribution in [3.63, 3.8) is 0 Å². The summed E-state index contributed by atoms with van der Waals surface area (Å²) < 4.78 is 7.38. The SMILES string of the molecule is CCCCCOCC(=O)N1CCCC(n2ccnn2)CC1. The summed E-state index contributed by atoms with van der Waals surface area (Å²) in [7, 11) is 0. The first-order valence-electron chi connectivity index (χ1n) is 8.02. The van der Waals surface area contributed by atoms with Crippen LogP contribution in [0.1, 0.15) is 51.5 Å². The molecule has 1 aliphatic heterocycles. The second-order valence-corrected chi connectivity index (χ2v) is 5.61. The summed E-state index contributed by atoms with van der Waals surface area (Å²) in [6.07, 6.45) is 9.97. The van der Waals surface area contributed by atoms with E-state index in [0.29, 0.717) is 12.6 Å². The summed E-state index contributed by atoms with van der Waals surface area (Å²) in [5.74, 6) is 0.116. The van der Waals surface area contributed by atoms with Crippen LogP contribution in [0.25, 0.3) is 0 Å². The van der Waals surface area contributed by atoms with Crippen molar-refractivity contribution in [1.29, 1.82) is 0 Å². The van der Waals surface area contributed by atoms with Crippen molar-refractivity contribution < 1.29 is 9.53 Å². The number of aromatic nitrogens is 3. The largest absolute Gasteiger partial charge is 0.372 e. The standard InChI is InChI=1S/C15H26N4O2/c1-2-3-4-12-21-13-15(20)18-9-5-6-14(7-10-18)19-11-8-16-17-19/h8,11,14H,2-7,9-10,12-13H2,1H3. The number of likely N-dealkylation sites (tertiary alicyclic amines) is 1. The Morgan fingerprint density at radius 1 is 1.33 bits per heavy atom. The molecule has 21 heavy (non-hydrogen) atoms. The zero-order valence-electron chi connectivity index (χ0n) is 12.9. The fourth-order valence-corrected chi connectivity index (χ4v) is 2.71. The summed E-state index contributed by atoms with van der Waals surface area (Å²) in [6.45, 7) is 4.67. The molecule has 1 aromatic heterocycles. The lowest BCUT2D eigenvalue weighted by atomic mass is 10.1. The fourth-order valence-electron chi connectivity index (χ4n) is 2.71. The lowest BCUT2D eigenvalue weighted by Gasteiger charge is -2.20. The molecule has 1 aliphatic rings. The molecule has 0 aliphatic carbocycles. The van der Waals surface area contributed by atoms with Crippen LogP contribution in [0.4, 0.5) is 0 Å². The van der Waals surface area contributed by atoms with Crippen molar-refractivity contribution >= 4 is 5.91 Å².